The van der Waals surface area contributed by atoms with Crippen molar-refractivity contribution >= 4 is 11.9 Å². The Morgan fingerprint density at radius 3 is 2.77 bits per heavy atom. The first-order valence-electron chi connectivity index (χ1n) is 4.35. The highest BCUT2D eigenvalue weighted by Crippen LogP contribution is 2.07. The van der Waals surface area contributed by atoms with Crippen LogP contribution in [0.1, 0.15) is 13.3 Å². The first kappa shape index (κ1) is 9.98. The highest BCUT2D eigenvalue weighted by Gasteiger charge is 2.24. The van der Waals surface area contributed by atoms with Gasteiger partial charge in [-0.05, 0) is 19.9 Å². The van der Waals surface area contributed by atoms with Crippen molar-refractivity contribution in [3.63, 3.8) is 0 Å². The molecule has 1 heterocycles. The summed E-state index contributed by atoms with van der Waals surface area (Å²) in [5.74, 6) is -1.24. The van der Waals surface area contributed by atoms with E-state index in [0.717, 1.165) is 13.0 Å². The molecule has 1 fully saturated rings. The van der Waals surface area contributed by atoms with Crippen LogP contribution in [0.3, 0.4) is 0 Å². The topological polar surface area (TPSA) is 78.4 Å². The molecule has 13 heavy (non-hydrogen) atoms. The van der Waals surface area contributed by atoms with E-state index in [1.54, 1.807) is 0 Å². The normalized spacial score (nSPS) is 23.9. The van der Waals surface area contributed by atoms with E-state index in [-0.39, 0.29) is 11.8 Å². The summed E-state index contributed by atoms with van der Waals surface area (Å²) in [6, 6.07) is -0.798. The molecule has 0 aromatic carbocycles. The predicted octanol–water partition coefficient (Wildman–Crippen LogP) is -0.815. The van der Waals surface area contributed by atoms with Gasteiger partial charge in [0.2, 0.25) is 5.91 Å². The fourth-order valence-corrected chi connectivity index (χ4v) is 1.27. The number of hydrogen-bond acceptors (Lipinski definition) is 3. The van der Waals surface area contributed by atoms with Gasteiger partial charge in [0.25, 0.3) is 0 Å². The Balaban J connectivity index is 2.35. The largest absolute Gasteiger partial charge is 0.480 e. The molecule has 3 N–H and O–H groups in total. The van der Waals surface area contributed by atoms with Gasteiger partial charge >= 0.3 is 5.97 Å². The highest BCUT2D eigenvalue weighted by molar-refractivity contribution is 5.84. The maximum absolute atomic E-state index is 11.3. The van der Waals surface area contributed by atoms with Gasteiger partial charge in [-0.3, -0.25) is 9.59 Å². The zero-order valence-electron chi connectivity index (χ0n) is 7.54. The van der Waals surface area contributed by atoms with E-state index >= 15 is 0 Å². The third-order valence-electron chi connectivity index (χ3n) is 2.16. The van der Waals surface area contributed by atoms with E-state index in [1.165, 1.54) is 6.92 Å². The Morgan fingerprint density at radius 2 is 2.31 bits per heavy atom. The second kappa shape index (κ2) is 4.23. The van der Waals surface area contributed by atoms with Crippen LogP contribution < -0.4 is 10.6 Å². The highest BCUT2D eigenvalue weighted by atomic mass is 16.4. The monoisotopic (exact) mass is 186 g/mol. The van der Waals surface area contributed by atoms with E-state index in [0.29, 0.717) is 6.54 Å². The van der Waals surface area contributed by atoms with Crippen LogP contribution in [0.15, 0.2) is 0 Å². The summed E-state index contributed by atoms with van der Waals surface area (Å²) in [5, 5.41) is 14.0. The van der Waals surface area contributed by atoms with Gasteiger partial charge in [0.05, 0.1) is 5.92 Å². The standard InChI is InChI=1S/C8H14N2O3/c1-5(8(12)13)10-7(11)6-2-3-9-4-6/h5-6,9H,2-4H2,1H3,(H,10,11)(H,12,13)/t5-,6?/m1/s1. The maximum atomic E-state index is 11.3. The minimum Gasteiger partial charge on any atom is -0.480 e. The Labute approximate surface area is 76.5 Å². The summed E-state index contributed by atoms with van der Waals surface area (Å²) in [5.41, 5.74) is 0. The Morgan fingerprint density at radius 1 is 1.62 bits per heavy atom. The lowest BCUT2D eigenvalue weighted by atomic mass is 10.1. The molecule has 1 aliphatic rings. The van der Waals surface area contributed by atoms with Crippen LogP contribution in [-0.2, 0) is 9.59 Å². The quantitative estimate of drug-likeness (QED) is 0.538. The maximum Gasteiger partial charge on any atom is 0.325 e. The Kier molecular flexibility index (Phi) is 3.25. The third kappa shape index (κ3) is 2.69. The average Bonchev–Trinajstić information content (AvgIpc) is 2.55. The van der Waals surface area contributed by atoms with Gasteiger partial charge in [0, 0.05) is 6.54 Å². The van der Waals surface area contributed by atoms with Gasteiger partial charge in [-0.25, -0.2) is 0 Å². The lowest BCUT2D eigenvalue weighted by Gasteiger charge is -2.12. The molecule has 1 rings (SSSR count). The summed E-state index contributed by atoms with van der Waals surface area (Å²) >= 11 is 0. The van der Waals surface area contributed by atoms with Gasteiger partial charge in [-0.2, -0.15) is 0 Å². The second-order valence-electron chi connectivity index (χ2n) is 3.26. The van der Waals surface area contributed by atoms with Crippen molar-refractivity contribution in [2.75, 3.05) is 13.1 Å². The van der Waals surface area contributed by atoms with Gasteiger partial charge < -0.3 is 15.7 Å². The van der Waals surface area contributed by atoms with Crippen LogP contribution >= 0.6 is 0 Å². The molecule has 5 heteroatoms. The number of aliphatic carboxylic acids is 1. The number of carboxylic acid groups (broad SMARTS) is 1. The first-order chi connectivity index (χ1) is 6.11. The minimum absolute atomic E-state index is 0.0678. The van der Waals surface area contributed by atoms with Crippen LogP contribution in [-0.4, -0.2) is 36.1 Å². The van der Waals surface area contributed by atoms with Crippen LogP contribution in [0.25, 0.3) is 0 Å². The van der Waals surface area contributed by atoms with Gasteiger partial charge in [0.15, 0.2) is 0 Å². The van der Waals surface area contributed by atoms with Gasteiger partial charge in [-0.1, -0.05) is 0 Å². The van der Waals surface area contributed by atoms with Crippen molar-refractivity contribution in [2.24, 2.45) is 5.92 Å². The van der Waals surface area contributed by atoms with Crippen molar-refractivity contribution in [2.45, 2.75) is 19.4 Å². The summed E-state index contributed by atoms with van der Waals surface area (Å²) in [4.78, 5) is 21.8. The summed E-state index contributed by atoms with van der Waals surface area (Å²) in [6.07, 6.45) is 0.790. The van der Waals surface area contributed by atoms with Crippen LogP contribution in [0.2, 0.25) is 0 Å². The molecule has 5 nitrogen and oxygen atoms in total. The molecule has 0 aliphatic carbocycles. The molecule has 1 saturated heterocycles. The van der Waals surface area contributed by atoms with E-state index in [4.69, 9.17) is 5.11 Å². The molecule has 0 radical (unpaired) electrons. The SMILES string of the molecule is C[C@@H](NC(=O)C1CCNC1)C(=O)O. The smallest absolute Gasteiger partial charge is 0.325 e. The first-order valence-corrected chi connectivity index (χ1v) is 4.35. The molecule has 0 aromatic heterocycles. The molecule has 1 aliphatic heterocycles. The zero-order chi connectivity index (χ0) is 9.84. The van der Waals surface area contributed by atoms with Crippen LogP contribution in [0.5, 0.6) is 0 Å². The molecular formula is C8H14N2O3. The minimum atomic E-state index is -1.00. The van der Waals surface area contributed by atoms with E-state index in [1.807, 2.05) is 0 Å². The summed E-state index contributed by atoms with van der Waals surface area (Å²) in [7, 11) is 0. The predicted molar refractivity (Wildman–Crippen MR) is 46.2 cm³/mol. The average molecular weight is 186 g/mol. The molecular weight excluding hydrogens is 172 g/mol. The van der Waals surface area contributed by atoms with Crippen molar-refractivity contribution in [1.29, 1.82) is 0 Å². The number of nitrogens with one attached hydrogen (secondary N) is 2. The van der Waals surface area contributed by atoms with Crippen molar-refractivity contribution < 1.29 is 14.7 Å². The zero-order valence-corrected chi connectivity index (χ0v) is 7.54. The van der Waals surface area contributed by atoms with Crippen molar-refractivity contribution in [3.8, 4) is 0 Å². The number of carbonyl (C=O) groups excluding carboxylic acids is 1. The van der Waals surface area contributed by atoms with Crippen LogP contribution in [0.4, 0.5) is 0 Å². The Hall–Kier alpha value is -1.10. The van der Waals surface area contributed by atoms with Crippen molar-refractivity contribution in [1.82, 2.24) is 10.6 Å². The third-order valence-corrected chi connectivity index (χ3v) is 2.16. The lowest BCUT2D eigenvalue weighted by Crippen LogP contribution is -2.42. The van der Waals surface area contributed by atoms with Gasteiger partial charge in [-0.15, -0.1) is 0 Å². The molecule has 0 spiro atoms. The van der Waals surface area contributed by atoms with Crippen LogP contribution in [0, 0.1) is 5.92 Å². The number of carbonyl (C=O) groups is 2. The van der Waals surface area contributed by atoms with Gasteiger partial charge in [0.1, 0.15) is 6.04 Å². The number of rotatable bonds is 3. The number of amides is 1. The number of carboxylic acids is 1. The summed E-state index contributed by atoms with van der Waals surface area (Å²) in [6.45, 7) is 2.94. The lowest BCUT2D eigenvalue weighted by molar-refractivity contribution is -0.141. The molecule has 2 atom stereocenters. The molecule has 0 bridgehead atoms. The molecule has 1 amide bonds. The van der Waals surface area contributed by atoms with Crippen molar-refractivity contribution in [3.05, 3.63) is 0 Å². The Bertz CT molecular complexity index is 211. The molecule has 1 unspecified atom stereocenters. The number of hydrogen-bond donors (Lipinski definition) is 3. The molecule has 74 valence electrons. The molecule has 0 saturated carbocycles. The summed E-state index contributed by atoms with van der Waals surface area (Å²) < 4.78 is 0. The second-order valence-corrected chi connectivity index (χ2v) is 3.26. The molecule has 0 aromatic rings. The van der Waals surface area contributed by atoms with E-state index in [9.17, 15) is 9.59 Å². The van der Waals surface area contributed by atoms with E-state index < -0.39 is 12.0 Å². The van der Waals surface area contributed by atoms with E-state index in [2.05, 4.69) is 10.6 Å². The fourth-order valence-electron chi connectivity index (χ4n) is 1.27. The fraction of sp³-hybridized carbons (Fsp3) is 0.750.